The van der Waals surface area contributed by atoms with Crippen LogP contribution in [0.15, 0.2) is 42.7 Å². The fourth-order valence-electron chi connectivity index (χ4n) is 2.37. The summed E-state index contributed by atoms with van der Waals surface area (Å²) in [4.78, 5) is 18.6. The molecule has 1 aliphatic heterocycles. The molecular formula is C15H16N4O2. The van der Waals surface area contributed by atoms with Crippen molar-refractivity contribution in [1.82, 2.24) is 4.98 Å². The van der Waals surface area contributed by atoms with E-state index in [1.54, 1.807) is 17.2 Å². The molecule has 0 atom stereocenters. The number of para-hydroxylation sites is 2. The molecule has 0 saturated heterocycles. The van der Waals surface area contributed by atoms with Crippen LogP contribution in [0.4, 0.5) is 11.4 Å². The SMILES string of the molecule is NNc1ccncc1C(=O)N1CCCOc2ccccc21. The zero-order valence-corrected chi connectivity index (χ0v) is 11.5. The zero-order valence-electron chi connectivity index (χ0n) is 11.5. The first-order valence-electron chi connectivity index (χ1n) is 6.75. The summed E-state index contributed by atoms with van der Waals surface area (Å²) in [6.07, 6.45) is 3.88. The standard InChI is InChI=1S/C15H16N4O2/c16-18-12-6-7-17-10-11(12)15(20)19-8-3-9-21-14-5-2-1-4-13(14)19/h1-2,4-7,10H,3,8-9,16H2,(H,17,18). The van der Waals surface area contributed by atoms with E-state index in [4.69, 9.17) is 10.6 Å². The molecular weight excluding hydrogens is 268 g/mol. The molecule has 2 aromatic rings. The molecule has 0 radical (unpaired) electrons. The fourth-order valence-corrected chi connectivity index (χ4v) is 2.37. The number of anilines is 2. The van der Waals surface area contributed by atoms with Gasteiger partial charge in [-0.2, -0.15) is 0 Å². The van der Waals surface area contributed by atoms with Gasteiger partial charge in [-0.15, -0.1) is 0 Å². The number of benzene rings is 1. The Morgan fingerprint density at radius 3 is 3.05 bits per heavy atom. The lowest BCUT2D eigenvalue weighted by molar-refractivity contribution is 0.0987. The Morgan fingerprint density at radius 2 is 2.19 bits per heavy atom. The molecule has 0 saturated carbocycles. The van der Waals surface area contributed by atoms with E-state index in [2.05, 4.69) is 10.4 Å². The lowest BCUT2D eigenvalue weighted by Crippen LogP contribution is -2.32. The second kappa shape index (κ2) is 5.80. The maximum Gasteiger partial charge on any atom is 0.262 e. The molecule has 1 aromatic carbocycles. The number of nitrogens with one attached hydrogen (secondary N) is 1. The van der Waals surface area contributed by atoms with Crippen LogP contribution in [0, 0.1) is 0 Å². The van der Waals surface area contributed by atoms with Gasteiger partial charge in [0.2, 0.25) is 0 Å². The van der Waals surface area contributed by atoms with Crippen molar-refractivity contribution >= 4 is 17.3 Å². The van der Waals surface area contributed by atoms with E-state index in [9.17, 15) is 4.79 Å². The highest BCUT2D eigenvalue weighted by Crippen LogP contribution is 2.32. The number of amides is 1. The van der Waals surface area contributed by atoms with E-state index in [1.807, 2.05) is 24.3 Å². The minimum atomic E-state index is -0.144. The minimum absolute atomic E-state index is 0.144. The molecule has 1 aromatic heterocycles. The number of ether oxygens (including phenoxy) is 1. The third kappa shape index (κ3) is 2.53. The molecule has 3 N–H and O–H groups in total. The lowest BCUT2D eigenvalue weighted by atomic mass is 10.1. The van der Waals surface area contributed by atoms with Gasteiger partial charge in [-0.05, 0) is 24.6 Å². The van der Waals surface area contributed by atoms with Crippen molar-refractivity contribution in [3.8, 4) is 5.75 Å². The number of hydrazine groups is 1. The van der Waals surface area contributed by atoms with Crippen molar-refractivity contribution in [3.05, 3.63) is 48.3 Å². The second-order valence-corrected chi connectivity index (χ2v) is 4.69. The van der Waals surface area contributed by atoms with E-state index in [0.717, 1.165) is 17.9 Å². The topological polar surface area (TPSA) is 80.5 Å². The van der Waals surface area contributed by atoms with E-state index >= 15 is 0 Å². The average molecular weight is 284 g/mol. The molecule has 21 heavy (non-hydrogen) atoms. The lowest BCUT2D eigenvalue weighted by Gasteiger charge is -2.22. The Hall–Kier alpha value is -2.60. The van der Waals surface area contributed by atoms with E-state index in [0.29, 0.717) is 24.4 Å². The van der Waals surface area contributed by atoms with Crippen molar-refractivity contribution in [2.45, 2.75) is 6.42 Å². The summed E-state index contributed by atoms with van der Waals surface area (Å²) in [6, 6.07) is 9.20. The normalized spacial score (nSPS) is 13.9. The van der Waals surface area contributed by atoms with Gasteiger partial charge in [0.1, 0.15) is 5.75 Å². The van der Waals surface area contributed by atoms with Crippen LogP contribution in [0.2, 0.25) is 0 Å². The van der Waals surface area contributed by atoms with Crippen LogP contribution in [-0.2, 0) is 0 Å². The maximum absolute atomic E-state index is 12.8. The Morgan fingerprint density at radius 1 is 1.33 bits per heavy atom. The third-order valence-corrected chi connectivity index (χ3v) is 3.39. The van der Waals surface area contributed by atoms with Gasteiger partial charge in [0, 0.05) is 18.9 Å². The van der Waals surface area contributed by atoms with Gasteiger partial charge in [0.15, 0.2) is 0 Å². The van der Waals surface area contributed by atoms with Crippen LogP contribution in [0.25, 0.3) is 0 Å². The van der Waals surface area contributed by atoms with Gasteiger partial charge in [-0.25, -0.2) is 0 Å². The molecule has 0 bridgehead atoms. The third-order valence-electron chi connectivity index (χ3n) is 3.39. The first-order valence-corrected chi connectivity index (χ1v) is 6.75. The van der Waals surface area contributed by atoms with Crippen LogP contribution in [0.3, 0.4) is 0 Å². The minimum Gasteiger partial charge on any atom is -0.491 e. The van der Waals surface area contributed by atoms with Crippen LogP contribution in [0.1, 0.15) is 16.8 Å². The summed E-state index contributed by atoms with van der Waals surface area (Å²) in [5.41, 5.74) is 4.30. The van der Waals surface area contributed by atoms with Crippen molar-refractivity contribution in [2.24, 2.45) is 5.84 Å². The number of hydrogen-bond acceptors (Lipinski definition) is 5. The summed E-state index contributed by atoms with van der Waals surface area (Å²) in [7, 11) is 0. The monoisotopic (exact) mass is 284 g/mol. The maximum atomic E-state index is 12.8. The summed E-state index contributed by atoms with van der Waals surface area (Å²) in [5.74, 6) is 6.04. The van der Waals surface area contributed by atoms with Crippen molar-refractivity contribution in [3.63, 3.8) is 0 Å². The van der Waals surface area contributed by atoms with Gasteiger partial charge in [-0.3, -0.25) is 15.6 Å². The number of aromatic nitrogens is 1. The molecule has 1 aliphatic rings. The number of nitrogen functional groups attached to an aromatic ring is 1. The molecule has 108 valence electrons. The van der Waals surface area contributed by atoms with Gasteiger partial charge in [-0.1, -0.05) is 12.1 Å². The number of carbonyl (C=O) groups is 1. The average Bonchev–Trinajstić information content (AvgIpc) is 2.76. The number of carbonyl (C=O) groups excluding carboxylic acids is 1. The number of rotatable bonds is 2. The van der Waals surface area contributed by atoms with Gasteiger partial charge < -0.3 is 15.1 Å². The molecule has 3 rings (SSSR count). The summed E-state index contributed by atoms with van der Waals surface area (Å²) >= 11 is 0. The number of nitrogens with zero attached hydrogens (tertiary/aromatic N) is 2. The van der Waals surface area contributed by atoms with Crippen molar-refractivity contribution < 1.29 is 9.53 Å². The van der Waals surface area contributed by atoms with Crippen LogP contribution in [-0.4, -0.2) is 24.0 Å². The van der Waals surface area contributed by atoms with Gasteiger partial charge in [0.05, 0.1) is 23.5 Å². The molecule has 0 unspecified atom stereocenters. The highest BCUT2D eigenvalue weighted by Gasteiger charge is 2.24. The number of fused-ring (bicyclic) bond motifs is 1. The first kappa shape index (κ1) is 13.4. The molecule has 2 heterocycles. The summed E-state index contributed by atoms with van der Waals surface area (Å²) < 4.78 is 5.67. The predicted octanol–water partition coefficient (Wildman–Crippen LogP) is 1.80. The van der Waals surface area contributed by atoms with Crippen LogP contribution in [0.5, 0.6) is 5.75 Å². The Labute approximate surface area is 122 Å². The predicted molar refractivity (Wildman–Crippen MR) is 80.3 cm³/mol. The quantitative estimate of drug-likeness (QED) is 0.649. The Balaban J connectivity index is 2.01. The number of hydrogen-bond donors (Lipinski definition) is 2. The van der Waals surface area contributed by atoms with Crippen molar-refractivity contribution in [2.75, 3.05) is 23.5 Å². The van der Waals surface area contributed by atoms with Crippen LogP contribution < -0.4 is 20.9 Å². The zero-order chi connectivity index (χ0) is 14.7. The fraction of sp³-hybridized carbons (Fsp3) is 0.200. The molecule has 1 amide bonds. The molecule has 0 aliphatic carbocycles. The second-order valence-electron chi connectivity index (χ2n) is 4.69. The summed E-state index contributed by atoms with van der Waals surface area (Å²) in [6.45, 7) is 1.19. The number of pyridine rings is 1. The van der Waals surface area contributed by atoms with E-state index < -0.39 is 0 Å². The Bertz CT molecular complexity index is 660. The Kier molecular flexibility index (Phi) is 3.70. The molecule has 6 heteroatoms. The van der Waals surface area contributed by atoms with Gasteiger partial charge in [0.25, 0.3) is 5.91 Å². The van der Waals surface area contributed by atoms with E-state index in [1.165, 1.54) is 6.20 Å². The molecule has 6 nitrogen and oxygen atoms in total. The highest BCUT2D eigenvalue weighted by molar-refractivity contribution is 6.10. The van der Waals surface area contributed by atoms with Gasteiger partial charge >= 0.3 is 0 Å². The van der Waals surface area contributed by atoms with Crippen LogP contribution >= 0.6 is 0 Å². The van der Waals surface area contributed by atoms with Crippen molar-refractivity contribution in [1.29, 1.82) is 0 Å². The largest absolute Gasteiger partial charge is 0.491 e. The molecule has 0 fully saturated rings. The van der Waals surface area contributed by atoms with E-state index in [-0.39, 0.29) is 5.91 Å². The smallest absolute Gasteiger partial charge is 0.262 e. The first-order chi connectivity index (χ1) is 10.3. The highest BCUT2D eigenvalue weighted by atomic mass is 16.5. The number of nitrogens with two attached hydrogens (primary N) is 1. The molecule has 0 spiro atoms. The summed E-state index contributed by atoms with van der Waals surface area (Å²) in [5, 5.41) is 0.